The maximum atomic E-state index is 12.8. The molecule has 9 heteroatoms. The molecule has 0 spiro atoms. The van der Waals surface area contributed by atoms with Crippen molar-refractivity contribution in [2.24, 2.45) is 5.41 Å². The lowest BCUT2D eigenvalue weighted by Crippen LogP contribution is -2.28. The SMILES string of the molecule is CC(C)(C)C(=O)Nc1cccc(C(=O)Nc2cc(S(=O)(=O)N3CCCC3)ccc2O)c1. The summed E-state index contributed by atoms with van der Waals surface area (Å²) in [4.78, 5) is 24.9. The molecule has 0 aliphatic carbocycles. The lowest BCUT2D eigenvalue weighted by atomic mass is 9.95. The molecule has 0 saturated carbocycles. The molecular weight excluding hydrogens is 418 g/mol. The Morgan fingerprint density at radius 1 is 1.00 bits per heavy atom. The zero-order valence-electron chi connectivity index (χ0n) is 17.8. The number of carbonyl (C=O) groups is 2. The summed E-state index contributed by atoms with van der Waals surface area (Å²) in [6.45, 7) is 6.26. The molecule has 8 nitrogen and oxygen atoms in total. The first-order valence-electron chi connectivity index (χ1n) is 10.0. The summed E-state index contributed by atoms with van der Waals surface area (Å²) in [5.41, 5.74) is 0.112. The van der Waals surface area contributed by atoms with Crippen molar-refractivity contribution in [2.45, 2.75) is 38.5 Å². The van der Waals surface area contributed by atoms with Gasteiger partial charge in [-0.05, 0) is 49.2 Å². The van der Waals surface area contributed by atoms with Crippen LogP contribution in [-0.2, 0) is 14.8 Å². The lowest BCUT2D eigenvalue weighted by Gasteiger charge is -2.18. The number of nitrogens with zero attached hydrogens (tertiary/aromatic N) is 1. The van der Waals surface area contributed by atoms with Crippen molar-refractivity contribution >= 4 is 33.2 Å². The van der Waals surface area contributed by atoms with E-state index in [0.29, 0.717) is 18.8 Å². The highest BCUT2D eigenvalue weighted by atomic mass is 32.2. The Kier molecular flexibility index (Phi) is 6.38. The third-order valence-electron chi connectivity index (χ3n) is 4.98. The van der Waals surface area contributed by atoms with Crippen LogP contribution in [-0.4, -0.2) is 42.7 Å². The summed E-state index contributed by atoms with van der Waals surface area (Å²) in [7, 11) is -3.69. The molecule has 0 aromatic heterocycles. The van der Waals surface area contributed by atoms with Gasteiger partial charge in [0.15, 0.2) is 0 Å². The molecule has 1 fully saturated rings. The molecule has 1 saturated heterocycles. The first-order chi connectivity index (χ1) is 14.5. The standard InChI is InChI=1S/C22H27N3O5S/c1-22(2,3)21(28)23-16-8-6-7-15(13-16)20(27)24-18-14-17(9-10-19(18)26)31(29,30)25-11-4-5-12-25/h6-10,13-14,26H,4-5,11-12H2,1-3H3,(H,23,28)(H,24,27). The van der Waals surface area contributed by atoms with Gasteiger partial charge in [0.1, 0.15) is 5.75 Å². The monoisotopic (exact) mass is 445 g/mol. The zero-order valence-corrected chi connectivity index (χ0v) is 18.6. The third-order valence-corrected chi connectivity index (χ3v) is 6.88. The lowest BCUT2D eigenvalue weighted by molar-refractivity contribution is -0.123. The number of carbonyl (C=O) groups excluding carboxylic acids is 2. The molecule has 166 valence electrons. The first kappa shape index (κ1) is 22.8. The van der Waals surface area contributed by atoms with Gasteiger partial charge in [-0.15, -0.1) is 0 Å². The number of amides is 2. The molecule has 3 rings (SSSR count). The predicted octanol–water partition coefficient (Wildman–Crippen LogP) is 3.41. The van der Waals surface area contributed by atoms with Crippen LogP contribution in [0.1, 0.15) is 44.0 Å². The highest BCUT2D eigenvalue weighted by molar-refractivity contribution is 7.89. The minimum absolute atomic E-state index is 0.00518. The fourth-order valence-electron chi connectivity index (χ4n) is 3.10. The molecule has 2 aromatic carbocycles. The zero-order chi connectivity index (χ0) is 22.8. The normalized spacial score (nSPS) is 14.9. The molecule has 3 N–H and O–H groups in total. The van der Waals surface area contributed by atoms with Crippen molar-refractivity contribution in [3.63, 3.8) is 0 Å². The number of phenols is 1. The van der Waals surface area contributed by atoms with E-state index in [2.05, 4.69) is 10.6 Å². The minimum atomic E-state index is -3.69. The summed E-state index contributed by atoms with van der Waals surface area (Å²) in [6.07, 6.45) is 1.62. The van der Waals surface area contributed by atoms with E-state index in [9.17, 15) is 23.1 Å². The number of hydrogen-bond donors (Lipinski definition) is 3. The number of sulfonamides is 1. The van der Waals surface area contributed by atoms with Crippen LogP contribution in [0.25, 0.3) is 0 Å². The molecule has 31 heavy (non-hydrogen) atoms. The number of nitrogens with one attached hydrogen (secondary N) is 2. The van der Waals surface area contributed by atoms with Crippen LogP contribution in [0.3, 0.4) is 0 Å². The Bertz CT molecular complexity index is 1100. The van der Waals surface area contributed by atoms with Gasteiger partial charge in [-0.25, -0.2) is 8.42 Å². The number of aromatic hydroxyl groups is 1. The second-order valence-corrected chi connectivity index (χ2v) is 10.5. The van der Waals surface area contributed by atoms with E-state index in [1.165, 1.54) is 28.6 Å². The van der Waals surface area contributed by atoms with E-state index in [1.807, 2.05) is 0 Å². The fourth-order valence-corrected chi connectivity index (χ4v) is 4.65. The fraction of sp³-hybridized carbons (Fsp3) is 0.364. The second-order valence-electron chi connectivity index (χ2n) is 8.53. The summed E-state index contributed by atoms with van der Waals surface area (Å²) in [5, 5.41) is 15.5. The average molecular weight is 446 g/mol. The van der Waals surface area contributed by atoms with Crippen molar-refractivity contribution in [1.82, 2.24) is 4.31 Å². The summed E-state index contributed by atoms with van der Waals surface area (Å²) in [5.74, 6) is -0.980. The van der Waals surface area contributed by atoms with Gasteiger partial charge >= 0.3 is 0 Å². The second kappa shape index (κ2) is 8.68. The van der Waals surface area contributed by atoms with Gasteiger partial charge in [0, 0.05) is 29.8 Å². The van der Waals surface area contributed by atoms with Crippen LogP contribution >= 0.6 is 0 Å². The van der Waals surface area contributed by atoms with Crippen LogP contribution < -0.4 is 10.6 Å². The summed E-state index contributed by atoms with van der Waals surface area (Å²) >= 11 is 0. The highest BCUT2D eigenvalue weighted by Gasteiger charge is 2.28. The molecule has 1 heterocycles. The molecule has 2 aromatic rings. The maximum absolute atomic E-state index is 12.8. The van der Waals surface area contributed by atoms with E-state index in [1.54, 1.807) is 39.0 Å². The van der Waals surface area contributed by atoms with Gasteiger partial charge in [-0.3, -0.25) is 9.59 Å². The van der Waals surface area contributed by atoms with E-state index in [4.69, 9.17) is 0 Å². The van der Waals surface area contributed by atoms with Crippen molar-refractivity contribution in [2.75, 3.05) is 23.7 Å². The molecule has 0 radical (unpaired) electrons. The number of phenolic OH excluding ortho intramolecular Hbond substituents is 1. The van der Waals surface area contributed by atoms with Crippen LogP contribution in [0.4, 0.5) is 11.4 Å². The van der Waals surface area contributed by atoms with Crippen LogP contribution in [0.15, 0.2) is 47.4 Å². The molecular formula is C22H27N3O5S. The Morgan fingerprint density at radius 2 is 1.68 bits per heavy atom. The molecule has 1 aliphatic rings. The third kappa shape index (κ3) is 5.23. The van der Waals surface area contributed by atoms with Gasteiger partial charge in [0.2, 0.25) is 15.9 Å². The summed E-state index contributed by atoms with van der Waals surface area (Å²) in [6, 6.07) is 10.2. The molecule has 0 atom stereocenters. The number of anilines is 2. The summed E-state index contributed by atoms with van der Waals surface area (Å²) < 4.78 is 26.9. The predicted molar refractivity (Wildman–Crippen MR) is 119 cm³/mol. The topological polar surface area (TPSA) is 116 Å². The van der Waals surface area contributed by atoms with Crippen molar-refractivity contribution in [3.8, 4) is 5.75 Å². The van der Waals surface area contributed by atoms with E-state index in [0.717, 1.165) is 12.8 Å². The van der Waals surface area contributed by atoms with Crippen LogP contribution in [0.2, 0.25) is 0 Å². The Balaban J connectivity index is 1.81. The van der Waals surface area contributed by atoms with E-state index >= 15 is 0 Å². The van der Waals surface area contributed by atoms with Gasteiger partial charge in [0.25, 0.3) is 5.91 Å². The average Bonchev–Trinajstić information content (AvgIpc) is 3.24. The van der Waals surface area contributed by atoms with Gasteiger partial charge < -0.3 is 15.7 Å². The number of hydrogen-bond acceptors (Lipinski definition) is 5. The largest absolute Gasteiger partial charge is 0.506 e. The van der Waals surface area contributed by atoms with Crippen molar-refractivity contribution in [1.29, 1.82) is 0 Å². The number of rotatable bonds is 5. The van der Waals surface area contributed by atoms with Gasteiger partial charge in [-0.1, -0.05) is 26.8 Å². The van der Waals surface area contributed by atoms with Crippen LogP contribution in [0, 0.1) is 5.41 Å². The molecule has 2 amide bonds. The number of benzene rings is 2. The van der Waals surface area contributed by atoms with E-state index < -0.39 is 21.3 Å². The maximum Gasteiger partial charge on any atom is 0.255 e. The van der Waals surface area contributed by atoms with Gasteiger partial charge in [-0.2, -0.15) is 4.31 Å². The Labute approximate surface area is 182 Å². The molecule has 0 unspecified atom stereocenters. The van der Waals surface area contributed by atoms with Gasteiger partial charge in [0.05, 0.1) is 10.6 Å². The smallest absolute Gasteiger partial charge is 0.255 e. The first-order valence-corrected chi connectivity index (χ1v) is 11.5. The van der Waals surface area contributed by atoms with Crippen molar-refractivity contribution in [3.05, 3.63) is 48.0 Å². The quantitative estimate of drug-likeness (QED) is 0.610. The van der Waals surface area contributed by atoms with Crippen molar-refractivity contribution < 1.29 is 23.1 Å². The van der Waals surface area contributed by atoms with Crippen LogP contribution in [0.5, 0.6) is 5.75 Å². The molecule has 0 bridgehead atoms. The Hall–Kier alpha value is -2.91. The molecule has 1 aliphatic heterocycles. The highest BCUT2D eigenvalue weighted by Crippen LogP contribution is 2.30. The van der Waals surface area contributed by atoms with E-state index in [-0.39, 0.29) is 27.8 Å². The Morgan fingerprint density at radius 3 is 2.32 bits per heavy atom. The minimum Gasteiger partial charge on any atom is -0.506 e.